The van der Waals surface area contributed by atoms with Crippen molar-refractivity contribution >= 4 is 17.4 Å². The number of para-hydroxylation sites is 1. The number of carbonyl (C=O) groups is 2. The topological polar surface area (TPSA) is 57.6 Å². The smallest absolute Gasteiger partial charge is 0.263 e. The highest BCUT2D eigenvalue weighted by Gasteiger charge is 2.49. The van der Waals surface area contributed by atoms with Crippen LogP contribution in [0.2, 0.25) is 0 Å². The fraction of sp³-hybridized carbons (Fsp3) is 0.333. The van der Waals surface area contributed by atoms with Crippen LogP contribution >= 0.6 is 0 Å². The number of hydrogen-bond donors (Lipinski definition) is 1. The number of fused-ring (bicyclic) bond motifs is 2. The van der Waals surface area contributed by atoms with Crippen LogP contribution in [0.4, 0.5) is 5.69 Å². The van der Waals surface area contributed by atoms with E-state index in [1.54, 1.807) is 25.2 Å². The molecule has 128 valence electrons. The zero-order valence-corrected chi connectivity index (χ0v) is 14.3. The summed E-state index contributed by atoms with van der Waals surface area (Å²) in [6.07, 6.45) is 4.16. The monoisotopic (exact) mass is 335 g/mol. The molecule has 1 atom stereocenters. The molecular formula is C21H21NO3. The Morgan fingerprint density at radius 1 is 1.12 bits per heavy atom. The van der Waals surface area contributed by atoms with Crippen molar-refractivity contribution in [2.45, 2.75) is 37.7 Å². The Morgan fingerprint density at radius 3 is 2.64 bits per heavy atom. The maximum atomic E-state index is 12.8. The molecule has 0 saturated carbocycles. The van der Waals surface area contributed by atoms with Gasteiger partial charge in [-0.3, -0.25) is 9.59 Å². The molecule has 4 rings (SSSR count). The lowest BCUT2D eigenvalue weighted by Crippen LogP contribution is -2.40. The molecule has 25 heavy (non-hydrogen) atoms. The highest BCUT2D eigenvalue weighted by Crippen LogP contribution is 2.42. The van der Waals surface area contributed by atoms with Crippen molar-refractivity contribution in [3.05, 3.63) is 64.7 Å². The van der Waals surface area contributed by atoms with Gasteiger partial charge in [0.15, 0.2) is 11.4 Å². The van der Waals surface area contributed by atoms with Gasteiger partial charge >= 0.3 is 0 Å². The summed E-state index contributed by atoms with van der Waals surface area (Å²) in [5, 5.41) is 11.0. The zero-order chi connectivity index (χ0) is 17.6. The van der Waals surface area contributed by atoms with E-state index in [4.69, 9.17) is 0 Å². The van der Waals surface area contributed by atoms with Crippen LogP contribution in [-0.4, -0.2) is 23.8 Å². The number of aryl methyl sites for hydroxylation is 2. The van der Waals surface area contributed by atoms with Gasteiger partial charge in [-0.2, -0.15) is 0 Å². The Labute approximate surface area is 147 Å². The second-order valence-corrected chi connectivity index (χ2v) is 7.03. The first-order valence-corrected chi connectivity index (χ1v) is 8.76. The number of benzene rings is 2. The normalized spacial score (nSPS) is 21.8. The highest BCUT2D eigenvalue weighted by molar-refractivity contribution is 6.10. The lowest BCUT2D eigenvalue weighted by atomic mass is 9.85. The third-order valence-electron chi connectivity index (χ3n) is 5.46. The molecule has 1 aliphatic carbocycles. The molecule has 1 unspecified atom stereocenters. The number of anilines is 1. The molecule has 0 fully saturated rings. The third kappa shape index (κ3) is 2.48. The van der Waals surface area contributed by atoms with Gasteiger partial charge < -0.3 is 10.0 Å². The second kappa shape index (κ2) is 5.81. The van der Waals surface area contributed by atoms with Crippen molar-refractivity contribution in [3.63, 3.8) is 0 Å². The first-order chi connectivity index (χ1) is 12.0. The molecule has 1 heterocycles. The Balaban J connectivity index is 1.66. The maximum absolute atomic E-state index is 12.8. The van der Waals surface area contributed by atoms with E-state index >= 15 is 0 Å². The quantitative estimate of drug-likeness (QED) is 0.877. The summed E-state index contributed by atoms with van der Waals surface area (Å²) in [5.74, 6) is -0.644. The minimum absolute atomic E-state index is 0.200. The molecular weight excluding hydrogens is 314 g/mol. The summed E-state index contributed by atoms with van der Waals surface area (Å²) in [6, 6.07) is 12.9. The summed E-state index contributed by atoms with van der Waals surface area (Å²) in [6.45, 7) is 0. The predicted octanol–water partition coefficient (Wildman–Crippen LogP) is 3.00. The molecule has 0 aromatic heterocycles. The van der Waals surface area contributed by atoms with Crippen LogP contribution < -0.4 is 4.90 Å². The predicted molar refractivity (Wildman–Crippen MR) is 95.8 cm³/mol. The van der Waals surface area contributed by atoms with Gasteiger partial charge in [0.1, 0.15) is 0 Å². The number of hydrogen-bond acceptors (Lipinski definition) is 3. The SMILES string of the molecule is CN1C(=O)C(O)(CC(=O)c2ccc3c(c2)CCCC3)c2ccccc21. The Hall–Kier alpha value is -2.46. The van der Waals surface area contributed by atoms with Gasteiger partial charge in [0.25, 0.3) is 5.91 Å². The summed E-state index contributed by atoms with van der Waals surface area (Å²) in [4.78, 5) is 26.9. The molecule has 0 bridgehead atoms. The number of amides is 1. The van der Waals surface area contributed by atoms with Crippen LogP contribution in [0.3, 0.4) is 0 Å². The van der Waals surface area contributed by atoms with E-state index in [0.717, 1.165) is 19.3 Å². The molecule has 2 aromatic rings. The first-order valence-electron chi connectivity index (χ1n) is 8.76. The van der Waals surface area contributed by atoms with Crippen LogP contribution in [0, 0.1) is 0 Å². The van der Waals surface area contributed by atoms with Crippen molar-refractivity contribution in [1.82, 2.24) is 0 Å². The molecule has 1 aliphatic heterocycles. The molecule has 1 N–H and O–H groups in total. The van der Waals surface area contributed by atoms with Crippen LogP contribution in [0.25, 0.3) is 0 Å². The van der Waals surface area contributed by atoms with Crippen LogP contribution in [0.1, 0.15) is 46.3 Å². The van der Waals surface area contributed by atoms with Crippen molar-refractivity contribution in [3.8, 4) is 0 Å². The number of likely N-dealkylation sites (N-methyl/N-ethyl adjacent to an activating group) is 1. The average Bonchev–Trinajstić information content (AvgIpc) is 2.83. The largest absolute Gasteiger partial charge is 0.375 e. The standard InChI is InChI=1S/C21H21NO3/c1-22-18-9-5-4-8-17(18)21(25,20(22)24)13-19(23)16-11-10-14-6-2-3-7-15(14)12-16/h4-5,8-12,25H,2-3,6-7,13H2,1H3. The minimum atomic E-state index is -1.78. The van der Waals surface area contributed by atoms with Crippen LogP contribution in [-0.2, 0) is 23.2 Å². The Bertz CT molecular complexity index is 873. The second-order valence-electron chi connectivity index (χ2n) is 7.03. The Kier molecular flexibility index (Phi) is 3.73. The molecule has 4 heteroatoms. The van der Waals surface area contributed by atoms with Gasteiger partial charge in [-0.15, -0.1) is 0 Å². The van der Waals surface area contributed by atoms with Crippen molar-refractivity contribution in [2.75, 3.05) is 11.9 Å². The van der Waals surface area contributed by atoms with Crippen molar-refractivity contribution in [2.24, 2.45) is 0 Å². The highest BCUT2D eigenvalue weighted by atomic mass is 16.3. The van der Waals surface area contributed by atoms with E-state index in [1.165, 1.54) is 22.4 Å². The molecule has 0 radical (unpaired) electrons. The van der Waals surface area contributed by atoms with E-state index in [2.05, 4.69) is 0 Å². The molecule has 0 spiro atoms. The Morgan fingerprint density at radius 2 is 1.84 bits per heavy atom. The lowest BCUT2D eigenvalue weighted by Gasteiger charge is -2.22. The number of ketones is 1. The van der Waals surface area contributed by atoms with Gasteiger partial charge in [0.05, 0.1) is 12.1 Å². The maximum Gasteiger partial charge on any atom is 0.263 e. The summed E-state index contributed by atoms with van der Waals surface area (Å²) in [5.41, 5.74) is 2.50. The number of nitrogens with zero attached hydrogens (tertiary/aromatic N) is 1. The number of Topliss-reactive ketones (excluding diaryl/α,β-unsaturated/α-hetero) is 1. The van der Waals surface area contributed by atoms with Crippen molar-refractivity contribution in [1.29, 1.82) is 0 Å². The van der Waals surface area contributed by atoms with Gasteiger partial charge in [-0.05, 0) is 48.9 Å². The fourth-order valence-corrected chi connectivity index (χ4v) is 4.03. The first kappa shape index (κ1) is 16.0. The van der Waals surface area contributed by atoms with Gasteiger partial charge in [0, 0.05) is 18.2 Å². The molecule has 1 amide bonds. The summed E-state index contributed by atoms with van der Waals surface area (Å²) >= 11 is 0. The van der Waals surface area contributed by atoms with E-state index in [0.29, 0.717) is 16.8 Å². The summed E-state index contributed by atoms with van der Waals surface area (Å²) in [7, 11) is 1.63. The third-order valence-corrected chi connectivity index (χ3v) is 5.46. The van der Waals surface area contributed by atoms with E-state index in [9.17, 15) is 14.7 Å². The number of carbonyl (C=O) groups excluding carboxylic acids is 2. The molecule has 2 aromatic carbocycles. The number of aliphatic hydroxyl groups is 1. The van der Waals surface area contributed by atoms with E-state index in [1.807, 2.05) is 24.3 Å². The molecule has 0 saturated heterocycles. The lowest BCUT2D eigenvalue weighted by molar-refractivity contribution is -0.135. The fourth-order valence-electron chi connectivity index (χ4n) is 4.03. The molecule has 4 nitrogen and oxygen atoms in total. The van der Waals surface area contributed by atoms with Gasteiger partial charge in [-0.25, -0.2) is 0 Å². The van der Waals surface area contributed by atoms with Gasteiger partial charge in [0.2, 0.25) is 0 Å². The summed E-state index contributed by atoms with van der Waals surface area (Å²) < 4.78 is 0. The van der Waals surface area contributed by atoms with Crippen LogP contribution in [0.15, 0.2) is 42.5 Å². The zero-order valence-electron chi connectivity index (χ0n) is 14.3. The average molecular weight is 335 g/mol. The van der Waals surface area contributed by atoms with E-state index in [-0.39, 0.29) is 12.2 Å². The van der Waals surface area contributed by atoms with Gasteiger partial charge in [-0.1, -0.05) is 30.3 Å². The number of rotatable bonds is 3. The van der Waals surface area contributed by atoms with Crippen molar-refractivity contribution < 1.29 is 14.7 Å². The van der Waals surface area contributed by atoms with E-state index < -0.39 is 11.5 Å². The molecule has 2 aliphatic rings. The van der Waals surface area contributed by atoms with Crippen LogP contribution in [0.5, 0.6) is 0 Å². The minimum Gasteiger partial charge on any atom is -0.375 e.